The van der Waals surface area contributed by atoms with E-state index in [9.17, 15) is 9.59 Å². The molecule has 3 rings (SSSR count). The highest BCUT2D eigenvalue weighted by Crippen LogP contribution is 2.36. The van der Waals surface area contributed by atoms with E-state index in [4.69, 9.17) is 0 Å². The zero-order valence-electron chi connectivity index (χ0n) is 14.7. The molecular formula is C20H24N2O2S. The first-order chi connectivity index (χ1) is 12.0. The van der Waals surface area contributed by atoms with Gasteiger partial charge in [0.25, 0.3) is 11.5 Å². The Kier molecular flexibility index (Phi) is 5.33. The minimum atomic E-state index is -0.280. The molecule has 4 nitrogen and oxygen atoms in total. The van der Waals surface area contributed by atoms with E-state index in [1.165, 1.54) is 6.42 Å². The van der Waals surface area contributed by atoms with E-state index in [1.54, 1.807) is 22.9 Å². The quantitative estimate of drug-likeness (QED) is 0.895. The molecule has 1 aromatic carbocycles. The standard InChI is InChI=1S/C20H24N2O2S/c1-15-6-3-7-16(12-15)13-22-10-4-8-17(19(22)24)18(23)21-14-20(2)9-5-11-25-20/h3-4,6-8,10,12H,5,9,11,13-14H2,1-2H3,(H,21,23)/t20-/m0/s1. The summed E-state index contributed by atoms with van der Waals surface area (Å²) in [6, 6.07) is 11.4. The van der Waals surface area contributed by atoms with Gasteiger partial charge in [0.2, 0.25) is 0 Å². The SMILES string of the molecule is Cc1cccc(Cn2cccc(C(=O)NC[C@]3(C)CCCS3)c2=O)c1. The Morgan fingerprint density at radius 3 is 2.88 bits per heavy atom. The second kappa shape index (κ2) is 7.48. The third-order valence-electron chi connectivity index (χ3n) is 4.62. The van der Waals surface area contributed by atoms with E-state index in [-0.39, 0.29) is 21.8 Å². The van der Waals surface area contributed by atoms with Crippen LogP contribution >= 0.6 is 11.8 Å². The van der Waals surface area contributed by atoms with Crippen molar-refractivity contribution < 1.29 is 4.79 Å². The highest BCUT2D eigenvalue weighted by atomic mass is 32.2. The molecule has 0 spiro atoms. The van der Waals surface area contributed by atoms with Gasteiger partial charge >= 0.3 is 0 Å². The van der Waals surface area contributed by atoms with Crippen LogP contribution in [-0.2, 0) is 6.54 Å². The van der Waals surface area contributed by atoms with Crippen molar-refractivity contribution in [3.05, 3.63) is 69.6 Å². The summed E-state index contributed by atoms with van der Waals surface area (Å²) in [6.45, 7) is 5.27. The smallest absolute Gasteiger partial charge is 0.263 e. The summed E-state index contributed by atoms with van der Waals surface area (Å²) in [5.74, 6) is 0.860. The van der Waals surface area contributed by atoms with Crippen LogP contribution in [-0.4, -0.2) is 27.5 Å². The lowest BCUT2D eigenvalue weighted by atomic mass is 10.1. The van der Waals surface area contributed by atoms with Crippen LogP contribution in [0, 0.1) is 6.92 Å². The van der Waals surface area contributed by atoms with Gasteiger partial charge < -0.3 is 9.88 Å². The first-order valence-electron chi connectivity index (χ1n) is 8.64. The van der Waals surface area contributed by atoms with Crippen LogP contribution in [0.1, 0.15) is 41.3 Å². The lowest BCUT2D eigenvalue weighted by Crippen LogP contribution is -2.39. The van der Waals surface area contributed by atoms with Gasteiger partial charge in [-0.3, -0.25) is 9.59 Å². The molecule has 5 heteroatoms. The third-order valence-corrected chi connectivity index (χ3v) is 6.16. The number of amides is 1. The van der Waals surface area contributed by atoms with Crippen molar-refractivity contribution >= 4 is 17.7 Å². The van der Waals surface area contributed by atoms with Crippen LogP contribution in [0.15, 0.2) is 47.4 Å². The Morgan fingerprint density at radius 1 is 1.32 bits per heavy atom. The van der Waals surface area contributed by atoms with Crippen LogP contribution < -0.4 is 10.9 Å². The molecule has 1 aromatic heterocycles. The molecule has 1 saturated heterocycles. The predicted octanol–water partition coefficient (Wildman–Crippen LogP) is 3.22. The lowest BCUT2D eigenvalue weighted by molar-refractivity contribution is 0.0948. The van der Waals surface area contributed by atoms with Gasteiger partial charge in [-0.15, -0.1) is 0 Å². The van der Waals surface area contributed by atoms with Crippen LogP contribution in [0.5, 0.6) is 0 Å². The van der Waals surface area contributed by atoms with E-state index in [2.05, 4.69) is 18.3 Å². The van der Waals surface area contributed by atoms with Crippen molar-refractivity contribution in [2.24, 2.45) is 0 Å². The number of carbonyl (C=O) groups is 1. The van der Waals surface area contributed by atoms with Crippen molar-refractivity contribution in [3.63, 3.8) is 0 Å². The molecule has 1 aliphatic heterocycles. The largest absolute Gasteiger partial charge is 0.350 e. The second-order valence-electron chi connectivity index (χ2n) is 6.93. The molecule has 1 aliphatic rings. The number of benzene rings is 1. The molecule has 1 atom stereocenters. The average molecular weight is 356 g/mol. The second-order valence-corrected chi connectivity index (χ2v) is 8.61. The van der Waals surface area contributed by atoms with Gasteiger partial charge in [-0.2, -0.15) is 11.8 Å². The molecule has 0 aliphatic carbocycles. The van der Waals surface area contributed by atoms with Gasteiger partial charge in [0.05, 0.1) is 6.54 Å². The Hall–Kier alpha value is -2.01. The maximum atomic E-state index is 12.7. The zero-order valence-corrected chi connectivity index (χ0v) is 15.6. The average Bonchev–Trinajstić information content (AvgIpc) is 3.02. The maximum Gasteiger partial charge on any atom is 0.263 e. The number of aryl methyl sites for hydroxylation is 1. The van der Waals surface area contributed by atoms with Crippen molar-refractivity contribution in [1.29, 1.82) is 0 Å². The Bertz CT molecular complexity index is 822. The number of hydrogen-bond acceptors (Lipinski definition) is 3. The van der Waals surface area contributed by atoms with Crippen molar-refractivity contribution in [2.75, 3.05) is 12.3 Å². The van der Waals surface area contributed by atoms with E-state index in [1.807, 2.05) is 36.9 Å². The number of pyridine rings is 1. The molecule has 0 unspecified atom stereocenters. The summed E-state index contributed by atoms with van der Waals surface area (Å²) in [4.78, 5) is 25.2. The molecule has 132 valence electrons. The van der Waals surface area contributed by atoms with Gasteiger partial charge in [0, 0.05) is 17.5 Å². The first-order valence-corrected chi connectivity index (χ1v) is 9.63. The van der Waals surface area contributed by atoms with Crippen molar-refractivity contribution in [1.82, 2.24) is 9.88 Å². The number of aromatic nitrogens is 1. The Balaban J connectivity index is 1.74. The van der Waals surface area contributed by atoms with E-state index in [0.29, 0.717) is 13.1 Å². The predicted molar refractivity (Wildman–Crippen MR) is 103 cm³/mol. The molecule has 0 saturated carbocycles. The van der Waals surface area contributed by atoms with Gasteiger partial charge in [0.15, 0.2) is 0 Å². The first kappa shape index (κ1) is 17.8. The monoisotopic (exact) mass is 356 g/mol. The fourth-order valence-corrected chi connectivity index (χ4v) is 4.42. The minimum Gasteiger partial charge on any atom is -0.350 e. The topological polar surface area (TPSA) is 51.1 Å². The van der Waals surface area contributed by atoms with Crippen molar-refractivity contribution in [3.8, 4) is 0 Å². The van der Waals surface area contributed by atoms with E-state index < -0.39 is 0 Å². The Morgan fingerprint density at radius 2 is 2.16 bits per heavy atom. The number of carbonyl (C=O) groups excluding carboxylic acids is 1. The van der Waals surface area contributed by atoms with Crippen LogP contribution in [0.2, 0.25) is 0 Å². The summed E-state index contributed by atoms with van der Waals surface area (Å²) in [5.41, 5.74) is 2.17. The van der Waals surface area contributed by atoms with Gasteiger partial charge in [0.1, 0.15) is 5.56 Å². The zero-order chi connectivity index (χ0) is 17.9. The maximum absolute atomic E-state index is 12.7. The summed E-state index contributed by atoms with van der Waals surface area (Å²) in [6.07, 6.45) is 4.02. The van der Waals surface area contributed by atoms with Crippen LogP contribution in [0.3, 0.4) is 0 Å². The molecule has 2 aromatic rings. The van der Waals surface area contributed by atoms with Crippen molar-refractivity contribution in [2.45, 2.75) is 38.0 Å². The molecule has 1 fully saturated rings. The molecule has 1 N–H and O–H groups in total. The molecule has 0 bridgehead atoms. The number of hydrogen-bond donors (Lipinski definition) is 1. The van der Waals surface area contributed by atoms with Crippen LogP contribution in [0.25, 0.3) is 0 Å². The fraction of sp³-hybridized carbons (Fsp3) is 0.400. The van der Waals surface area contributed by atoms with Gasteiger partial charge in [-0.25, -0.2) is 0 Å². The van der Waals surface area contributed by atoms with Gasteiger partial charge in [-0.1, -0.05) is 29.8 Å². The Labute approximate surface area is 152 Å². The number of nitrogens with zero attached hydrogens (tertiary/aromatic N) is 1. The minimum absolute atomic E-state index is 0.0883. The summed E-state index contributed by atoms with van der Waals surface area (Å²) in [7, 11) is 0. The number of rotatable bonds is 5. The number of thioether (sulfide) groups is 1. The highest BCUT2D eigenvalue weighted by Gasteiger charge is 2.30. The third kappa shape index (κ3) is 4.34. The summed E-state index contributed by atoms with van der Waals surface area (Å²) >= 11 is 1.89. The van der Waals surface area contributed by atoms with Gasteiger partial charge in [-0.05, 0) is 50.1 Å². The molecule has 2 heterocycles. The normalized spacial score (nSPS) is 19.8. The van der Waals surface area contributed by atoms with E-state index in [0.717, 1.165) is 23.3 Å². The molecule has 0 radical (unpaired) electrons. The molecule has 25 heavy (non-hydrogen) atoms. The summed E-state index contributed by atoms with van der Waals surface area (Å²) < 4.78 is 1.68. The fourth-order valence-electron chi connectivity index (χ4n) is 3.18. The lowest BCUT2D eigenvalue weighted by Gasteiger charge is -2.22. The molecule has 1 amide bonds. The number of nitrogens with one attached hydrogen (secondary N) is 1. The summed E-state index contributed by atoms with van der Waals surface area (Å²) in [5, 5.41) is 2.95. The highest BCUT2D eigenvalue weighted by molar-refractivity contribution is 8.00. The van der Waals surface area contributed by atoms with Crippen LogP contribution in [0.4, 0.5) is 0 Å². The van der Waals surface area contributed by atoms with E-state index >= 15 is 0 Å². The molecular weight excluding hydrogens is 332 g/mol.